The van der Waals surface area contributed by atoms with Gasteiger partial charge in [-0.2, -0.15) is 0 Å². The van der Waals surface area contributed by atoms with Gasteiger partial charge in [-0.1, -0.05) is 91.0 Å². The second-order valence-corrected chi connectivity index (χ2v) is 7.00. The predicted molar refractivity (Wildman–Crippen MR) is 105 cm³/mol. The van der Waals surface area contributed by atoms with Crippen molar-refractivity contribution in [2.75, 3.05) is 6.54 Å². The Balaban J connectivity index is 1.64. The zero-order valence-corrected chi connectivity index (χ0v) is 14.8. The van der Waals surface area contributed by atoms with E-state index in [-0.39, 0.29) is 11.8 Å². The van der Waals surface area contributed by atoms with Crippen LogP contribution < -0.4 is 0 Å². The van der Waals surface area contributed by atoms with Crippen molar-refractivity contribution >= 4 is 5.91 Å². The van der Waals surface area contributed by atoms with E-state index in [0.717, 1.165) is 6.54 Å². The maximum atomic E-state index is 12.9. The van der Waals surface area contributed by atoms with Crippen molar-refractivity contribution in [1.82, 2.24) is 4.90 Å². The Morgan fingerprint density at radius 2 is 1.19 bits per heavy atom. The summed E-state index contributed by atoms with van der Waals surface area (Å²) in [6, 6.07) is 31.4. The van der Waals surface area contributed by atoms with Gasteiger partial charge in [0.1, 0.15) is 0 Å². The van der Waals surface area contributed by atoms with Gasteiger partial charge in [-0.3, -0.25) is 4.79 Å². The summed E-state index contributed by atoms with van der Waals surface area (Å²) in [4.78, 5) is 14.9. The smallest absolute Gasteiger partial charge is 0.223 e. The van der Waals surface area contributed by atoms with E-state index < -0.39 is 0 Å². The van der Waals surface area contributed by atoms with Gasteiger partial charge in [0.05, 0.1) is 0 Å². The lowest BCUT2D eigenvalue weighted by Crippen LogP contribution is -2.42. The summed E-state index contributed by atoms with van der Waals surface area (Å²) in [5.41, 5.74) is 3.76. The van der Waals surface area contributed by atoms with Gasteiger partial charge < -0.3 is 4.90 Å². The molecule has 1 fully saturated rings. The van der Waals surface area contributed by atoms with Crippen molar-refractivity contribution in [3.05, 3.63) is 108 Å². The van der Waals surface area contributed by atoms with Crippen LogP contribution in [0.15, 0.2) is 91.0 Å². The first kappa shape index (κ1) is 16.6. The van der Waals surface area contributed by atoms with Crippen molar-refractivity contribution in [3.8, 4) is 0 Å². The minimum absolute atomic E-state index is 0.234. The molecule has 0 radical (unpaired) electrons. The van der Waals surface area contributed by atoms with Crippen LogP contribution in [0.4, 0.5) is 0 Å². The Labute approximate surface area is 155 Å². The van der Waals surface area contributed by atoms with Crippen LogP contribution in [0.2, 0.25) is 0 Å². The number of carbonyl (C=O) groups excluding carboxylic acids is 1. The molecule has 0 N–H and O–H groups in total. The molecule has 0 bridgehead atoms. The molecule has 26 heavy (non-hydrogen) atoms. The van der Waals surface area contributed by atoms with Crippen molar-refractivity contribution in [2.24, 2.45) is 0 Å². The van der Waals surface area contributed by atoms with Gasteiger partial charge in [-0.15, -0.1) is 0 Å². The molecule has 0 saturated carbocycles. The second-order valence-electron chi connectivity index (χ2n) is 7.00. The third-order valence-electron chi connectivity index (χ3n) is 5.32. The summed E-state index contributed by atoms with van der Waals surface area (Å²) >= 11 is 0. The van der Waals surface area contributed by atoms with Crippen LogP contribution in [0.5, 0.6) is 0 Å². The van der Waals surface area contributed by atoms with Crippen LogP contribution in [0, 0.1) is 0 Å². The summed E-state index contributed by atoms with van der Waals surface area (Å²) in [5.74, 6) is 0.799. The van der Waals surface area contributed by atoms with Crippen molar-refractivity contribution in [3.63, 3.8) is 0 Å². The van der Waals surface area contributed by atoms with Crippen LogP contribution in [-0.2, 0) is 11.3 Å². The number of amides is 1. The first-order valence-corrected chi connectivity index (χ1v) is 9.23. The minimum atomic E-state index is 0.234. The SMILES string of the molecule is O=C1C[C@@H](c2ccccc2)[C@H](c2ccccc2)CN1Cc1ccccc1. The highest BCUT2D eigenvalue weighted by molar-refractivity contribution is 5.78. The lowest BCUT2D eigenvalue weighted by molar-refractivity contribution is -0.135. The number of hydrogen-bond acceptors (Lipinski definition) is 1. The number of nitrogens with zero attached hydrogens (tertiary/aromatic N) is 1. The highest BCUT2D eigenvalue weighted by Crippen LogP contribution is 2.40. The first-order chi connectivity index (χ1) is 12.8. The fourth-order valence-electron chi connectivity index (χ4n) is 3.97. The molecule has 1 heterocycles. The maximum Gasteiger partial charge on any atom is 0.223 e. The number of likely N-dealkylation sites (tertiary alicyclic amines) is 1. The summed E-state index contributed by atoms with van der Waals surface area (Å²) in [6.45, 7) is 1.45. The molecule has 3 aromatic rings. The van der Waals surface area contributed by atoms with Gasteiger partial charge in [-0.25, -0.2) is 0 Å². The van der Waals surface area contributed by atoms with E-state index in [0.29, 0.717) is 18.9 Å². The number of rotatable bonds is 4. The Bertz CT molecular complexity index is 845. The Kier molecular flexibility index (Phi) is 4.83. The molecule has 0 spiro atoms. The van der Waals surface area contributed by atoms with Crippen LogP contribution in [0.1, 0.15) is 34.9 Å². The van der Waals surface area contributed by atoms with Crippen LogP contribution in [-0.4, -0.2) is 17.4 Å². The summed E-state index contributed by atoms with van der Waals surface area (Å²) in [7, 11) is 0. The molecule has 0 aromatic heterocycles. The highest BCUT2D eigenvalue weighted by Gasteiger charge is 2.35. The molecule has 2 nitrogen and oxygen atoms in total. The second kappa shape index (κ2) is 7.57. The average Bonchev–Trinajstić information content (AvgIpc) is 2.71. The lowest BCUT2D eigenvalue weighted by Gasteiger charge is -2.39. The van der Waals surface area contributed by atoms with Gasteiger partial charge >= 0.3 is 0 Å². The van der Waals surface area contributed by atoms with Crippen molar-refractivity contribution in [2.45, 2.75) is 24.8 Å². The fraction of sp³-hybridized carbons (Fsp3) is 0.208. The molecule has 2 heteroatoms. The molecule has 4 rings (SSSR count). The van der Waals surface area contributed by atoms with E-state index in [1.165, 1.54) is 16.7 Å². The lowest BCUT2D eigenvalue weighted by atomic mass is 9.76. The molecule has 0 unspecified atom stereocenters. The highest BCUT2D eigenvalue weighted by atomic mass is 16.2. The summed E-state index contributed by atoms with van der Waals surface area (Å²) in [5, 5.41) is 0. The van der Waals surface area contributed by atoms with Gasteiger partial charge in [-0.05, 0) is 16.7 Å². The standard InChI is InChI=1S/C24H23NO/c26-24-16-22(20-12-6-2-7-13-20)23(21-14-8-3-9-15-21)18-25(24)17-19-10-4-1-5-11-19/h1-15,22-23H,16-18H2/t22-,23-/m0/s1. The molecule has 3 aromatic carbocycles. The fourth-order valence-corrected chi connectivity index (χ4v) is 3.97. The van der Waals surface area contributed by atoms with Gasteiger partial charge in [0.25, 0.3) is 0 Å². The molecule has 1 aliphatic rings. The van der Waals surface area contributed by atoms with E-state index >= 15 is 0 Å². The first-order valence-electron chi connectivity index (χ1n) is 9.23. The van der Waals surface area contributed by atoms with Gasteiger partial charge in [0.15, 0.2) is 0 Å². The molecule has 1 saturated heterocycles. The van der Waals surface area contributed by atoms with E-state index in [2.05, 4.69) is 66.7 Å². The Morgan fingerprint density at radius 3 is 1.77 bits per heavy atom. The number of hydrogen-bond donors (Lipinski definition) is 0. The maximum absolute atomic E-state index is 12.9. The number of carbonyl (C=O) groups is 1. The quantitative estimate of drug-likeness (QED) is 0.655. The molecule has 1 amide bonds. The third kappa shape index (κ3) is 3.55. The van der Waals surface area contributed by atoms with Crippen LogP contribution in [0.25, 0.3) is 0 Å². The zero-order valence-electron chi connectivity index (χ0n) is 14.8. The minimum Gasteiger partial charge on any atom is -0.338 e. The number of piperidine rings is 1. The van der Waals surface area contributed by atoms with Crippen molar-refractivity contribution in [1.29, 1.82) is 0 Å². The van der Waals surface area contributed by atoms with Gasteiger partial charge in [0, 0.05) is 31.3 Å². The van der Waals surface area contributed by atoms with Crippen LogP contribution in [0.3, 0.4) is 0 Å². The van der Waals surface area contributed by atoms with E-state index in [1.807, 2.05) is 29.2 Å². The summed E-state index contributed by atoms with van der Waals surface area (Å²) < 4.78 is 0. The largest absolute Gasteiger partial charge is 0.338 e. The topological polar surface area (TPSA) is 20.3 Å². The Morgan fingerprint density at radius 1 is 0.692 bits per heavy atom. The molecule has 1 aliphatic heterocycles. The Hall–Kier alpha value is -2.87. The zero-order chi connectivity index (χ0) is 17.8. The van der Waals surface area contributed by atoms with Gasteiger partial charge in [0.2, 0.25) is 5.91 Å². The normalized spacial score (nSPS) is 20.2. The van der Waals surface area contributed by atoms with E-state index in [1.54, 1.807) is 0 Å². The molecule has 0 aliphatic carbocycles. The third-order valence-corrected chi connectivity index (χ3v) is 5.32. The summed E-state index contributed by atoms with van der Waals surface area (Å²) in [6.07, 6.45) is 0.566. The van der Waals surface area contributed by atoms with Crippen molar-refractivity contribution < 1.29 is 4.79 Å². The molecular weight excluding hydrogens is 318 g/mol. The van der Waals surface area contributed by atoms with Crippen LogP contribution >= 0.6 is 0 Å². The van der Waals surface area contributed by atoms with E-state index in [9.17, 15) is 4.79 Å². The monoisotopic (exact) mass is 341 g/mol. The number of benzene rings is 3. The molecular formula is C24H23NO. The average molecular weight is 341 g/mol. The molecule has 2 atom stereocenters. The molecule has 130 valence electrons. The van der Waals surface area contributed by atoms with E-state index in [4.69, 9.17) is 0 Å². The predicted octanol–water partition coefficient (Wildman–Crippen LogP) is 4.99.